The van der Waals surface area contributed by atoms with Crippen molar-refractivity contribution in [1.29, 1.82) is 0 Å². The van der Waals surface area contributed by atoms with Crippen LogP contribution in [0.3, 0.4) is 0 Å². The summed E-state index contributed by atoms with van der Waals surface area (Å²) in [6.45, 7) is 0. The zero-order chi connectivity index (χ0) is 34.4. The highest BCUT2D eigenvalue weighted by Crippen LogP contribution is 2.46. The number of fused-ring (bicyclic) bond motifs is 6. The quantitative estimate of drug-likeness (QED) is 0.174. The molecule has 246 valence electrons. The molecule has 0 fully saturated rings. The first-order valence-corrected chi connectivity index (χ1v) is 18.7. The lowest BCUT2D eigenvalue weighted by Crippen LogP contribution is -2.09. The van der Waals surface area contributed by atoms with E-state index in [1.54, 1.807) is 0 Å². The molecule has 52 heavy (non-hydrogen) atoms. The van der Waals surface area contributed by atoms with Gasteiger partial charge in [-0.1, -0.05) is 121 Å². The van der Waals surface area contributed by atoms with E-state index in [1.807, 2.05) is 17.8 Å². The van der Waals surface area contributed by atoms with Crippen molar-refractivity contribution >= 4 is 50.8 Å². The Balaban J connectivity index is 1.10. The van der Waals surface area contributed by atoms with Crippen LogP contribution in [0.2, 0.25) is 0 Å². The summed E-state index contributed by atoms with van der Waals surface area (Å²) < 4.78 is 6.45. The van der Waals surface area contributed by atoms with Gasteiger partial charge in [0.25, 0.3) is 0 Å². The monoisotopic (exact) mass is 683 g/mol. The first kappa shape index (κ1) is 30.5. The number of benzene rings is 8. The Hall–Kier alpha value is -6.29. The lowest BCUT2D eigenvalue weighted by molar-refractivity contribution is 0.669. The fourth-order valence-electron chi connectivity index (χ4n) is 7.59. The number of hydrogen-bond acceptors (Lipinski definition) is 3. The largest absolute Gasteiger partial charge is 0.456 e. The summed E-state index contributed by atoms with van der Waals surface area (Å²) in [6.07, 6.45) is 0. The van der Waals surface area contributed by atoms with E-state index in [4.69, 9.17) is 4.42 Å². The molecule has 0 radical (unpaired) electrons. The molecule has 0 saturated carbocycles. The van der Waals surface area contributed by atoms with E-state index in [9.17, 15) is 0 Å². The molecule has 0 spiro atoms. The van der Waals surface area contributed by atoms with Crippen molar-refractivity contribution in [2.24, 2.45) is 0 Å². The lowest BCUT2D eigenvalue weighted by Gasteiger charge is -2.26. The molecule has 0 aliphatic carbocycles. The predicted octanol–water partition coefficient (Wildman–Crippen LogP) is 14.3. The van der Waals surface area contributed by atoms with Gasteiger partial charge in [0.15, 0.2) is 0 Å². The van der Waals surface area contributed by atoms with Crippen LogP contribution >= 0.6 is 11.8 Å². The van der Waals surface area contributed by atoms with Crippen molar-refractivity contribution in [2.45, 2.75) is 10.6 Å². The van der Waals surface area contributed by atoms with E-state index in [1.165, 1.54) is 43.8 Å². The minimum absolute atomic E-state index is 0.896. The second-order valence-electron chi connectivity index (χ2n) is 13.3. The highest BCUT2D eigenvalue weighted by molar-refractivity contribution is 7.98. The van der Waals surface area contributed by atoms with Crippen LogP contribution in [-0.2, 0) is 5.75 Å². The minimum atomic E-state index is 0.896. The van der Waals surface area contributed by atoms with Crippen molar-refractivity contribution in [3.8, 4) is 44.5 Å². The average molecular weight is 684 g/mol. The van der Waals surface area contributed by atoms with E-state index in [0.29, 0.717) is 0 Å². The molecular formula is C49H33NOS. The molecule has 0 amide bonds. The van der Waals surface area contributed by atoms with Crippen LogP contribution in [0.4, 0.5) is 17.1 Å². The summed E-state index contributed by atoms with van der Waals surface area (Å²) >= 11 is 1.92. The highest BCUT2D eigenvalue weighted by atomic mass is 32.2. The molecule has 1 aromatic heterocycles. The van der Waals surface area contributed by atoms with Crippen LogP contribution in [0.1, 0.15) is 5.56 Å². The van der Waals surface area contributed by atoms with Gasteiger partial charge in [-0.2, -0.15) is 0 Å². The number of thioether (sulfide) groups is 1. The third-order valence-electron chi connectivity index (χ3n) is 10.2. The predicted molar refractivity (Wildman–Crippen MR) is 220 cm³/mol. The standard InChI is InChI=1S/C49H33NOS/c1-3-11-33(12-4-1)34-21-25-39(26-22-34)50(38-13-5-2-6-14-38)40-27-23-35(24-28-40)45-31-48-46(41-15-7-9-17-47(41)51-48)30-44(45)36-19-20-37-32-52-49-18-10-8-16-42(49)43(37)29-36/h1-31H,32H2. The maximum Gasteiger partial charge on any atom is 0.136 e. The Bertz CT molecular complexity index is 2710. The molecule has 2 nitrogen and oxygen atoms in total. The normalized spacial score (nSPS) is 12.1. The molecule has 1 aliphatic heterocycles. The van der Waals surface area contributed by atoms with Gasteiger partial charge in [0.1, 0.15) is 11.2 Å². The zero-order valence-electron chi connectivity index (χ0n) is 28.4. The number of para-hydroxylation sites is 2. The summed E-state index contributed by atoms with van der Waals surface area (Å²) in [7, 11) is 0. The van der Waals surface area contributed by atoms with Gasteiger partial charge in [0, 0.05) is 38.5 Å². The van der Waals surface area contributed by atoms with Gasteiger partial charge in [0.2, 0.25) is 0 Å². The van der Waals surface area contributed by atoms with E-state index < -0.39 is 0 Å². The molecule has 0 unspecified atom stereocenters. The molecule has 2 heterocycles. The minimum Gasteiger partial charge on any atom is -0.456 e. The first-order chi connectivity index (χ1) is 25.8. The van der Waals surface area contributed by atoms with Gasteiger partial charge < -0.3 is 9.32 Å². The van der Waals surface area contributed by atoms with Crippen molar-refractivity contribution < 1.29 is 4.42 Å². The van der Waals surface area contributed by atoms with Gasteiger partial charge in [-0.15, -0.1) is 11.8 Å². The lowest BCUT2D eigenvalue weighted by atomic mass is 9.89. The zero-order valence-corrected chi connectivity index (χ0v) is 29.2. The van der Waals surface area contributed by atoms with Crippen LogP contribution in [0.25, 0.3) is 66.4 Å². The maximum atomic E-state index is 6.45. The van der Waals surface area contributed by atoms with Crippen molar-refractivity contribution in [3.63, 3.8) is 0 Å². The molecular weight excluding hydrogens is 651 g/mol. The van der Waals surface area contributed by atoms with E-state index >= 15 is 0 Å². The molecule has 10 rings (SSSR count). The fourth-order valence-corrected chi connectivity index (χ4v) is 8.66. The number of nitrogens with zero attached hydrogens (tertiary/aromatic N) is 1. The van der Waals surface area contributed by atoms with E-state index in [2.05, 4.69) is 187 Å². The van der Waals surface area contributed by atoms with Crippen LogP contribution in [0, 0.1) is 0 Å². The smallest absolute Gasteiger partial charge is 0.136 e. The van der Waals surface area contributed by atoms with Crippen molar-refractivity contribution in [3.05, 3.63) is 194 Å². The average Bonchev–Trinajstić information content (AvgIpc) is 3.59. The maximum absolute atomic E-state index is 6.45. The van der Waals surface area contributed by atoms with Crippen LogP contribution in [0.5, 0.6) is 0 Å². The second kappa shape index (κ2) is 12.8. The number of hydrogen-bond donors (Lipinski definition) is 0. The molecule has 3 heteroatoms. The van der Waals surface area contributed by atoms with Gasteiger partial charge in [-0.25, -0.2) is 0 Å². The Labute approximate surface area is 307 Å². The topological polar surface area (TPSA) is 16.4 Å². The summed E-state index contributed by atoms with van der Waals surface area (Å²) in [5.41, 5.74) is 16.2. The van der Waals surface area contributed by atoms with Gasteiger partial charge in [0.05, 0.1) is 0 Å². The first-order valence-electron chi connectivity index (χ1n) is 17.7. The van der Waals surface area contributed by atoms with E-state index in [-0.39, 0.29) is 0 Å². The SMILES string of the molecule is c1ccc(-c2ccc(N(c3ccccc3)c3ccc(-c4cc5oc6ccccc6c5cc4-c4ccc5c(c4)-c4ccccc4SC5)cc3)cc2)cc1. The summed E-state index contributed by atoms with van der Waals surface area (Å²) in [6, 6.07) is 67.6. The number of rotatable bonds is 6. The summed E-state index contributed by atoms with van der Waals surface area (Å²) in [4.78, 5) is 3.66. The van der Waals surface area contributed by atoms with Crippen LogP contribution < -0.4 is 4.90 Å². The van der Waals surface area contributed by atoms with Gasteiger partial charge in [-0.3, -0.25) is 0 Å². The Morgan fingerprint density at radius 1 is 0.385 bits per heavy atom. The summed E-state index contributed by atoms with van der Waals surface area (Å²) in [5, 5.41) is 2.27. The van der Waals surface area contributed by atoms with Gasteiger partial charge >= 0.3 is 0 Å². The Morgan fingerprint density at radius 3 is 1.77 bits per heavy atom. The fraction of sp³-hybridized carbons (Fsp3) is 0.0204. The van der Waals surface area contributed by atoms with Crippen LogP contribution in [-0.4, -0.2) is 0 Å². The molecule has 9 aromatic rings. The van der Waals surface area contributed by atoms with Crippen molar-refractivity contribution in [1.82, 2.24) is 0 Å². The van der Waals surface area contributed by atoms with Gasteiger partial charge in [-0.05, 0) is 117 Å². The number of furan rings is 1. The molecule has 0 saturated heterocycles. The third-order valence-corrected chi connectivity index (χ3v) is 11.3. The van der Waals surface area contributed by atoms with Crippen LogP contribution in [0.15, 0.2) is 197 Å². The molecule has 0 bridgehead atoms. The molecule has 8 aromatic carbocycles. The second-order valence-corrected chi connectivity index (χ2v) is 14.3. The molecule has 1 aliphatic rings. The van der Waals surface area contributed by atoms with Crippen molar-refractivity contribution in [2.75, 3.05) is 4.90 Å². The Kier molecular flexibility index (Phi) is 7.51. The number of anilines is 3. The molecule has 0 N–H and O–H groups in total. The summed E-state index contributed by atoms with van der Waals surface area (Å²) in [5.74, 6) is 0.985. The third kappa shape index (κ3) is 5.38. The van der Waals surface area contributed by atoms with E-state index in [0.717, 1.165) is 55.9 Å². The molecule has 0 atom stereocenters. The highest BCUT2D eigenvalue weighted by Gasteiger charge is 2.20. The Morgan fingerprint density at radius 2 is 0.981 bits per heavy atom.